The summed E-state index contributed by atoms with van der Waals surface area (Å²) in [6.07, 6.45) is 1.14. The minimum absolute atomic E-state index is 0.238. The summed E-state index contributed by atoms with van der Waals surface area (Å²) in [5, 5.41) is 0. The highest BCUT2D eigenvalue weighted by Gasteiger charge is 2.30. The zero-order valence-electron chi connectivity index (χ0n) is 11.7. The van der Waals surface area contributed by atoms with Gasteiger partial charge in [0.05, 0.1) is 0 Å². The first-order chi connectivity index (χ1) is 8.47. The van der Waals surface area contributed by atoms with E-state index in [1.165, 1.54) is 33.4 Å². The predicted molar refractivity (Wildman–Crippen MR) is 78.1 cm³/mol. The Labute approximate surface area is 110 Å². The van der Waals surface area contributed by atoms with E-state index in [-0.39, 0.29) is 5.41 Å². The fraction of sp³-hybridized carbons (Fsp3) is 0.333. The topological polar surface area (TPSA) is 0 Å². The van der Waals surface area contributed by atoms with Crippen molar-refractivity contribution in [3.63, 3.8) is 0 Å². The quantitative estimate of drug-likeness (QED) is 0.616. The van der Waals surface area contributed by atoms with E-state index in [9.17, 15) is 0 Å². The molecular formula is C18H20. The molecule has 0 heteroatoms. The molecule has 0 unspecified atom stereocenters. The lowest BCUT2D eigenvalue weighted by Crippen LogP contribution is -2.25. The fourth-order valence-electron chi connectivity index (χ4n) is 3.16. The molecule has 0 aromatic heterocycles. The van der Waals surface area contributed by atoms with Gasteiger partial charge in [-0.05, 0) is 47.9 Å². The second-order valence-electron chi connectivity index (χ2n) is 6.27. The molecule has 0 N–H and O–H groups in total. The molecule has 0 nitrogen and oxygen atoms in total. The third-order valence-corrected chi connectivity index (χ3v) is 4.09. The summed E-state index contributed by atoms with van der Waals surface area (Å²) in [7, 11) is 0. The number of rotatable bonds is 0. The van der Waals surface area contributed by atoms with E-state index < -0.39 is 0 Å². The maximum Gasteiger partial charge on any atom is -0.00567 e. The predicted octanol–water partition coefficient (Wildman–Crippen LogP) is 4.80. The van der Waals surface area contributed by atoms with Gasteiger partial charge in [0.15, 0.2) is 0 Å². The van der Waals surface area contributed by atoms with Crippen molar-refractivity contribution in [2.24, 2.45) is 0 Å². The summed E-state index contributed by atoms with van der Waals surface area (Å²) >= 11 is 0. The minimum atomic E-state index is 0.238. The molecule has 0 bridgehead atoms. The highest BCUT2D eigenvalue weighted by molar-refractivity contribution is 5.75. The van der Waals surface area contributed by atoms with Crippen LogP contribution in [0.3, 0.4) is 0 Å². The largest absolute Gasteiger partial charge is 0.0587 e. The van der Waals surface area contributed by atoms with E-state index in [0.717, 1.165) is 6.42 Å². The monoisotopic (exact) mass is 236 g/mol. The average Bonchev–Trinajstić information content (AvgIpc) is 2.28. The van der Waals surface area contributed by atoms with Crippen LogP contribution in [-0.2, 0) is 11.8 Å². The molecule has 0 radical (unpaired) electrons. The SMILES string of the molecule is Cc1ccc2c(c1)CC(C)(C)c1cc(C)ccc1-2. The average molecular weight is 236 g/mol. The van der Waals surface area contributed by atoms with Gasteiger partial charge in [-0.25, -0.2) is 0 Å². The van der Waals surface area contributed by atoms with E-state index in [4.69, 9.17) is 0 Å². The molecule has 0 amide bonds. The Morgan fingerprint density at radius 2 is 1.44 bits per heavy atom. The van der Waals surface area contributed by atoms with Crippen molar-refractivity contribution in [2.75, 3.05) is 0 Å². The van der Waals surface area contributed by atoms with Crippen LogP contribution >= 0.6 is 0 Å². The van der Waals surface area contributed by atoms with Crippen LogP contribution in [0.15, 0.2) is 36.4 Å². The van der Waals surface area contributed by atoms with Crippen LogP contribution in [-0.4, -0.2) is 0 Å². The second-order valence-corrected chi connectivity index (χ2v) is 6.27. The van der Waals surface area contributed by atoms with Gasteiger partial charge in [-0.2, -0.15) is 0 Å². The first-order valence-corrected chi connectivity index (χ1v) is 6.68. The molecule has 3 rings (SSSR count). The van der Waals surface area contributed by atoms with Crippen molar-refractivity contribution in [1.82, 2.24) is 0 Å². The minimum Gasteiger partial charge on any atom is -0.0587 e. The summed E-state index contributed by atoms with van der Waals surface area (Å²) in [5.74, 6) is 0. The number of aryl methyl sites for hydroxylation is 2. The van der Waals surface area contributed by atoms with E-state index in [1.807, 2.05) is 0 Å². The summed E-state index contributed by atoms with van der Waals surface area (Å²) in [4.78, 5) is 0. The Kier molecular flexibility index (Phi) is 2.38. The molecule has 1 aliphatic carbocycles. The van der Waals surface area contributed by atoms with Gasteiger partial charge in [-0.15, -0.1) is 0 Å². The smallest absolute Gasteiger partial charge is 0.00567 e. The molecule has 92 valence electrons. The van der Waals surface area contributed by atoms with E-state index >= 15 is 0 Å². The van der Waals surface area contributed by atoms with Crippen molar-refractivity contribution >= 4 is 0 Å². The Morgan fingerprint density at radius 1 is 0.833 bits per heavy atom. The van der Waals surface area contributed by atoms with Gasteiger partial charge in [-0.3, -0.25) is 0 Å². The van der Waals surface area contributed by atoms with Gasteiger partial charge < -0.3 is 0 Å². The summed E-state index contributed by atoms with van der Waals surface area (Å²) in [6, 6.07) is 13.7. The molecule has 0 saturated heterocycles. The molecule has 2 aromatic carbocycles. The number of fused-ring (bicyclic) bond motifs is 3. The molecule has 0 spiro atoms. The normalized spacial score (nSPS) is 16.0. The lowest BCUT2D eigenvalue weighted by Gasteiger charge is -2.34. The lowest BCUT2D eigenvalue weighted by molar-refractivity contribution is 0.516. The molecule has 2 aromatic rings. The molecule has 0 fully saturated rings. The Hall–Kier alpha value is -1.56. The zero-order valence-corrected chi connectivity index (χ0v) is 11.7. The van der Waals surface area contributed by atoms with Crippen LogP contribution in [0, 0.1) is 13.8 Å². The highest BCUT2D eigenvalue weighted by Crippen LogP contribution is 2.43. The number of benzene rings is 2. The molecule has 18 heavy (non-hydrogen) atoms. The van der Waals surface area contributed by atoms with Crippen LogP contribution < -0.4 is 0 Å². The van der Waals surface area contributed by atoms with Gasteiger partial charge in [0, 0.05) is 0 Å². The Bertz CT molecular complexity index is 618. The van der Waals surface area contributed by atoms with E-state index in [2.05, 4.69) is 64.1 Å². The standard InChI is InChI=1S/C18H20/c1-12-5-7-15-14(9-12)11-18(3,4)17-10-13(2)6-8-16(15)17/h5-10H,11H2,1-4H3. The van der Waals surface area contributed by atoms with Crippen LogP contribution in [0.1, 0.15) is 36.1 Å². The summed E-state index contributed by atoms with van der Waals surface area (Å²) < 4.78 is 0. The zero-order chi connectivity index (χ0) is 12.9. The summed E-state index contributed by atoms with van der Waals surface area (Å²) in [6.45, 7) is 9.08. The molecular weight excluding hydrogens is 216 g/mol. The molecule has 0 heterocycles. The lowest BCUT2D eigenvalue weighted by atomic mass is 9.69. The number of hydrogen-bond acceptors (Lipinski definition) is 0. The molecule has 0 atom stereocenters. The summed E-state index contributed by atoms with van der Waals surface area (Å²) in [5.41, 5.74) is 8.80. The van der Waals surface area contributed by atoms with Gasteiger partial charge in [0.1, 0.15) is 0 Å². The van der Waals surface area contributed by atoms with Gasteiger partial charge in [0.25, 0.3) is 0 Å². The van der Waals surface area contributed by atoms with Crippen LogP contribution in [0.4, 0.5) is 0 Å². The van der Waals surface area contributed by atoms with Crippen molar-refractivity contribution in [2.45, 2.75) is 39.5 Å². The third-order valence-electron chi connectivity index (χ3n) is 4.09. The number of hydrogen-bond donors (Lipinski definition) is 0. The van der Waals surface area contributed by atoms with Crippen molar-refractivity contribution in [1.29, 1.82) is 0 Å². The molecule has 1 aliphatic rings. The first-order valence-electron chi connectivity index (χ1n) is 6.68. The first kappa shape index (κ1) is 11.5. The Balaban J connectivity index is 2.31. The molecule has 0 aliphatic heterocycles. The molecule has 0 saturated carbocycles. The van der Waals surface area contributed by atoms with Gasteiger partial charge >= 0.3 is 0 Å². The maximum absolute atomic E-state index is 2.36. The Morgan fingerprint density at radius 3 is 2.17 bits per heavy atom. The van der Waals surface area contributed by atoms with E-state index in [1.54, 1.807) is 0 Å². The van der Waals surface area contributed by atoms with Crippen LogP contribution in [0.2, 0.25) is 0 Å². The van der Waals surface area contributed by atoms with Crippen molar-refractivity contribution in [3.8, 4) is 11.1 Å². The van der Waals surface area contributed by atoms with E-state index in [0.29, 0.717) is 0 Å². The van der Waals surface area contributed by atoms with Crippen LogP contribution in [0.5, 0.6) is 0 Å². The maximum atomic E-state index is 2.36. The van der Waals surface area contributed by atoms with Crippen molar-refractivity contribution < 1.29 is 0 Å². The fourth-order valence-corrected chi connectivity index (χ4v) is 3.16. The van der Waals surface area contributed by atoms with Crippen molar-refractivity contribution in [3.05, 3.63) is 58.7 Å². The third kappa shape index (κ3) is 1.68. The van der Waals surface area contributed by atoms with Gasteiger partial charge in [0.2, 0.25) is 0 Å². The second kappa shape index (κ2) is 3.71. The highest BCUT2D eigenvalue weighted by atomic mass is 14.3. The van der Waals surface area contributed by atoms with Crippen LogP contribution in [0.25, 0.3) is 11.1 Å². The van der Waals surface area contributed by atoms with Gasteiger partial charge in [-0.1, -0.05) is 61.4 Å².